The SMILES string of the molecule is Cc1cn(C(C)C(=O)N(C)C)nc1-c1cccc(Cl)c1. The van der Waals surface area contributed by atoms with Crippen LogP contribution < -0.4 is 0 Å². The minimum atomic E-state index is -0.323. The van der Waals surface area contributed by atoms with Crippen molar-refractivity contribution in [1.82, 2.24) is 14.7 Å². The van der Waals surface area contributed by atoms with Crippen molar-refractivity contribution >= 4 is 17.5 Å². The Morgan fingerprint density at radius 2 is 2.10 bits per heavy atom. The number of aromatic nitrogens is 2. The Morgan fingerprint density at radius 3 is 2.70 bits per heavy atom. The minimum absolute atomic E-state index is 0.0187. The third-order valence-electron chi connectivity index (χ3n) is 3.21. The number of nitrogens with zero attached hydrogens (tertiary/aromatic N) is 3. The molecule has 5 heteroatoms. The third kappa shape index (κ3) is 2.85. The fourth-order valence-electron chi connectivity index (χ4n) is 2.09. The average molecular weight is 292 g/mol. The minimum Gasteiger partial charge on any atom is -0.347 e. The van der Waals surface area contributed by atoms with Gasteiger partial charge >= 0.3 is 0 Å². The van der Waals surface area contributed by atoms with Crippen LogP contribution in [0, 0.1) is 6.92 Å². The summed E-state index contributed by atoms with van der Waals surface area (Å²) in [6.45, 7) is 3.82. The topological polar surface area (TPSA) is 38.1 Å². The molecule has 106 valence electrons. The molecule has 0 aliphatic carbocycles. The van der Waals surface area contributed by atoms with Crippen LogP contribution in [0.4, 0.5) is 0 Å². The Kier molecular flexibility index (Phi) is 4.14. The maximum atomic E-state index is 12.0. The van der Waals surface area contributed by atoms with E-state index in [1.54, 1.807) is 23.7 Å². The van der Waals surface area contributed by atoms with Crippen LogP contribution in [0.1, 0.15) is 18.5 Å². The van der Waals surface area contributed by atoms with E-state index in [1.807, 2.05) is 44.3 Å². The molecule has 2 aromatic rings. The number of amides is 1. The lowest BCUT2D eigenvalue weighted by atomic mass is 10.1. The predicted molar refractivity (Wildman–Crippen MR) is 80.8 cm³/mol. The number of halogens is 1. The number of benzene rings is 1. The standard InChI is InChI=1S/C15H18ClN3O/c1-10-9-19(11(2)15(20)18(3)4)17-14(10)12-6-5-7-13(16)8-12/h5-9,11H,1-4H3. The van der Waals surface area contributed by atoms with E-state index < -0.39 is 0 Å². The Hall–Kier alpha value is -1.81. The maximum absolute atomic E-state index is 12.0. The van der Waals surface area contributed by atoms with Gasteiger partial charge in [0.05, 0.1) is 5.69 Å². The Bertz CT molecular complexity index is 634. The molecular formula is C15H18ClN3O. The Labute approximate surface area is 124 Å². The van der Waals surface area contributed by atoms with Crippen LogP contribution in [0.15, 0.2) is 30.5 Å². The molecular weight excluding hydrogens is 274 g/mol. The van der Waals surface area contributed by atoms with E-state index in [9.17, 15) is 4.79 Å². The van der Waals surface area contributed by atoms with Crippen LogP contribution >= 0.6 is 11.6 Å². The van der Waals surface area contributed by atoms with Gasteiger partial charge in [0.2, 0.25) is 5.91 Å². The molecule has 0 N–H and O–H groups in total. The van der Waals surface area contributed by atoms with Crippen molar-refractivity contribution in [3.05, 3.63) is 41.0 Å². The molecule has 1 heterocycles. The van der Waals surface area contributed by atoms with Gasteiger partial charge in [-0.25, -0.2) is 0 Å². The van der Waals surface area contributed by atoms with E-state index >= 15 is 0 Å². The molecule has 1 aromatic heterocycles. The maximum Gasteiger partial charge on any atom is 0.246 e. The molecule has 0 aliphatic rings. The molecule has 4 nitrogen and oxygen atoms in total. The van der Waals surface area contributed by atoms with Crippen molar-refractivity contribution in [2.75, 3.05) is 14.1 Å². The number of aryl methyl sites for hydroxylation is 1. The lowest BCUT2D eigenvalue weighted by Crippen LogP contribution is -2.30. The third-order valence-corrected chi connectivity index (χ3v) is 3.44. The van der Waals surface area contributed by atoms with Gasteiger partial charge in [-0.2, -0.15) is 5.10 Å². The lowest BCUT2D eigenvalue weighted by Gasteiger charge is -2.16. The van der Waals surface area contributed by atoms with Gasteiger partial charge in [0, 0.05) is 30.9 Å². The summed E-state index contributed by atoms with van der Waals surface area (Å²) in [5.74, 6) is 0.0187. The molecule has 2 rings (SSSR count). The zero-order valence-electron chi connectivity index (χ0n) is 12.1. The van der Waals surface area contributed by atoms with Crippen LogP contribution in [-0.4, -0.2) is 34.7 Å². The van der Waals surface area contributed by atoms with Gasteiger partial charge in [0.15, 0.2) is 0 Å². The van der Waals surface area contributed by atoms with Gasteiger partial charge in [0.25, 0.3) is 0 Å². The molecule has 1 aromatic carbocycles. The van der Waals surface area contributed by atoms with Crippen molar-refractivity contribution in [2.24, 2.45) is 0 Å². The van der Waals surface area contributed by atoms with Crippen LogP contribution in [0.3, 0.4) is 0 Å². The van der Waals surface area contributed by atoms with Crippen LogP contribution in [0.25, 0.3) is 11.3 Å². The largest absolute Gasteiger partial charge is 0.347 e. The monoisotopic (exact) mass is 291 g/mol. The molecule has 0 aliphatic heterocycles. The first-order chi connectivity index (χ1) is 9.40. The average Bonchev–Trinajstić information content (AvgIpc) is 2.79. The molecule has 0 fully saturated rings. The normalized spacial score (nSPS) is 12.2. The summed E-state index contributed by atoms with van der Waals surface area (Å²) in [7, 11) is 3.49. The highest BCUT2D eigenvalue weighted by atomic mass is 35.5. The highest BCUT2D eigenvalue weighted by Crippen LogP contribution is 2.25. The molecule has 1 amide bonds. The zero-order valence-corrected chi connectivity index (χ0v) is 12.8. The molecule has 0 bridgehead atoms. The first-order valence-corrected chi connectivity index (χ1v) is 6.81. The molecule has 0 radical (unpaired) electrons. The molecule has 1 atom stereocenters. The van der Waals surface area contributed by atoms with Crippen molar-refractivity contribution < 1.29 is 4.79 Å². The van der Waals surface area contributed by atoms with Crippen molar-refractivity contribution in [2.45, 2.75) is 19.9 Å². The second kappa shape index (κ2) is 5.67. The van der Waals surface area contributed by atoms with Crippen molar-refractivity contribution in [3.8, 4) is 11.3 Å². The smallest absolute Gasteiger partial charge is 0.246 e. The van der Waals surface area contributed by atoms with Gasteiger partial charge in [-0.15, -0.1) is 0 Å². The van der Waals surface area contributed by atoms with Crippen LogP contribution in [-0.2, 0) is 4.79 Å². The molecule has 0 saturated carbocycles. The molecule has 1 unspecified atom stereocenters. The second-order valence-corrected chi connectivity index (χ2v) is 5.50. The zero-order chi connectivity index (χ0) is 14.9. The quantitative estimate of drug-likeness (QED) is 0.871. The summed E-state index contributed by atoms with van der Waals surface area (Å²) in [4.78, 5) is 13.6. The van der Waals surface area contributed by atoms with Gasteiger partial charge < -0.3 is 4.90 Å². The number of hydrogen-bond acceptors (Lipinski definition) is 2. The summed E-state index contributed by atoms with van der Waals surface area (Å²) >= 11 is 6.01. The predicted octanol–water partition coefficient (Wildman–Crippen LogP) is 3.16. The summed E-state index contributed by atoms with van der Waals surface area (Å²) in [6, 6.07) is 7.24. The number of hydrogen-bond donors (Lipinski definition) is 0. The number of rotatable bonds is 3. The van der Waals surface area contributed by atoms with Gasteiger partial charge in [-0.3, -0.25) is 9.48 Å². The van der Waals surface area contributed by atoms with Gasteiger partial charge in [-0.05, 0) is 31.5 Å². The van der Waals surface area contributed by atoms with Crippen LogP contribution in [0.2, 0.25) is 5.02 Å². The first-order valence-electron chi connectivity index (χ1n) is 6.43. The summed E-state index contributed by atoms with van der Waals surface area (Å²) < 4.78 is 1.70. The lowest BCUT2D eigenvalue weighted by molar-refractivity contribution is -0.131. The van der Waals surface area contributed by atoms with Gasteiger partial charge in [0.1, 0.15) is 6.04 Å². The van der Waals surface area contributed by atoms with E-state index in [1.165, 1.54) is 0 Å². The highest BCUT2D eigenvalue weighted by molar-refractivity contribution is 6.30. The van der Waals surface area contributed by atoms with E-state index in [0.717, 1.165) is 16.8 Å². The summed E-state index contributed by atoms with van der Waals surface area (Å²) in [6.07, 6.45) is 1.89. The number of carbonyl (C=O) groups excluding carboxylic acids is 1. The Balaban J connectivity index is 2.37. The summed E-state index contributed by atoms with van der Waals surface area (Å²) in [5.41, 5.74) is 2.83. The number of carbonyl (C=O) groups is 1. The summed E-state index contributed by atoms with van der Waals surface area (Å²) in [5, 5.41) is 5.21. The van der Waals surface area contributed by atoms with E-state index in [0.29, 0.717) is 5.02 Å². The van der Waals surface area contributed by atoms with E-state index in [-0.39, 0.29) is 11.9 Å². The van der Waals surface area contributed by atoms with Gasteiger partial charge in [-0.1, -0.05) is 23.7 Å². The Morgan fingerprint density at radius 1 is 1.40 bits per heavy atom. The van der Waals surface area contributed by atoms with Crippen molar-refractivity contribution in [1.29, 1.82) is 0 Å². The fourth-order valence-corrected chi connectivity index (χ4v) is 2.28. The van der Waals surface area contributed by atoms with E-state index in [2.05, 4.69) is 5.10 Å². The van der Waals surface area contributed by atoms with Crippen molar-refractivity contribution in [3.63, 3.8) is 0 Å². The highest BCUT2D eigenvalue weighted by Gasteiger charge is 2.19. The second-order valence-electron chi connectivity index (χ2n) is 5.06. The molecule has 0 saturated heterocycles. The van der Waals surface area contributed by atoms with E-state index in [4.69, 9.17) is 11.6 Å². The fraction of sp³-hybridized carbons (Fsp3) is 0.333. The molecule has 20 heavy (non-hydrogen) atoms. The molecule has 0 spiro atoms. The van der Waals surface area contributed by atoms with Crippen LogP contribution in [0.5, 0.6) is 0 Å². The first kappa shape index (κ1) is 14.6. The number of likely N-dealkylation sites (N-methyl/N-ethyl adjacent to an activating group) is 1.